The molecule has 2 amide bonds. The van der Waals surface area contributed by atoms with Crippen molar-refractivity contribution in [3.63, 3.8) is 0 Å². The largest absolute Gasteiger partial charge is 0.467 e. The van der Waals surface area contributed by atoms with Gasteiger partial charge < -0.3 is 15.4 Å². The van der Waals surface area contributed by atoms with Crippen molar-refractivity contribution in [2.75, 3.05) is 13.7 Å². The van der Waals surface area contributed by atoms with Crippen LogP contribution < -0.4 is 10.6 Å². The van der Waals surface area contributed by atoms with Crippen molar-refractivity contribution in [2.45, 2.75) is 6.04 Å². The van der Waals surface area contributed by atoms with E-state index in [-0.39, 0.29) is 12.5 Å². The summed E-state index contributed by atoms with van der Waals surface area (Å²) in [5, 5.41) is 6.58. The molecule has 0 aliphatic carbocycles. The van der Waals surface area contributed by atoms with E-state index in [9.17, 15) is 14.4 Å². The number of esters is 1. The zero-order valence-corrected chi connectivity index (χ0v) is 9.95. The quantitative estimate of drug-likeness (QED) is 0.543. The summed E-state index contributed by atoms with van der Waals surface area (Å²) in [6.45, 7) is -0.0118. The predicted octanol–water partition coefficient (Wildman–Crippen LogP) is -0.235. The SMILES string of the molecule is COC(=O)C(CNC(=O)c1cccs1)NC=O. The maximum atomic E-state index is 11.6. The maximum Gasteiger partial charge on any atom is 0.330 e. The van der Waals surface area contributed by atoms with Gasteiger partial charge in [0.2, 0.25) is 6.41 Å². The van der Waals surface area contributed by atoms with Crippen molar-refractivity contribution < 1.29 is 19.1 Å². The Morgan fingerprint density at radius 1 is 1.59 bits per heavy atom. The van der Waals surface area contributed by atoms with E-state index in [1.54, 1.807) is 17.5 Å². The summed E-state index contributed by atoms with van der Waals surface area (Å²) < 4.78 is 4.48. The van der Waals surface area contributed by atoms with Gasteiger partial charge in [0, 0.05) is 6.54 Å². The van der Waals surface area contributed by atoms with E-state index in [1.165, 1.54) is 18.4 Å². The Kier molecular flexibility index (Phi) is 5.15. The zero-order chi connectivity index (χ0) is 12.7. The molecule has 0 aliphatic rings. The highest BCUT2D eigenvalue weighted by Gasteiger charge is 2.19. The van der Waals surface area contributed by atoms with Crippen LogP contribution in [-0.2, 0) is 14.3 Å². The Morgan fingerprint density at radius 2 is 2.35 bits per heavy atom. The molecule has 1 aromatic rings. The molecule has 0 bridgehead atoms. The third-order valence-electron chi connectivity index (χ3n) is 1.97. The lowest BCUT2D eigenvalue weighted by Gasteiger charge is -2.13. The van der Waals surface area contributed by atoms with Crippen LogP contribution in [0, 0.1) is 0 Å². The van der Waals surface area contributed by atoms with Crippen molar-refractivity contribution in [1.82, 2.24) is 10.6 Å². The Bertz CT molecular complexity index is 391. The summed E-state index contributed by atoms with van der Waals surface area (Å²) in [4.78, 5) is 33.6. The van der Waals surface area contributed by atoms with E-state index in [0.29, 0.717) is 11.3 Å². The molecule has 1 atom stereocenters. The van der Waals surface area contributed by atoms with Gasteiger partial charge in [0.15, 0.2) is 0 Å². The first kappa shape index (κ1) is 13.2. The average Bonchev–Trinajstić information content (AvgIpc) is 2.86. The highest BCUT2D eigenvalue weighted by Crippen LogP contribution is 2.07. The number of hydrogen-bond donors (Lipinski definition) is 2. The summed E-state index contributed by atoms with van der Waals surface area (Å²) in [5.41, 5.74) is 0. The molecule has 6 nitrogen and oxygen atoms in total. The average molecular weight is 256 g/mol. The van der Waals surface area contributed by atoms with Crippen LogP contribution in [0.4, 0.5) is 0 Å². The van der Waals surface area contributed by atoms with Gasteiger partial charge in [-0.05, 0) is 11.4 Å². The van der Waals surface area contributed by atoms with Gasteiger partial charge in [0.25, 0.3) is 5.91 Å². The molecule has 17 heavy (non-hydrogen) atoms. The number of nitrogens with one attached hydrogen (secondary N) is 2. The van der Waals surface area contributed by atoms with E-state index in [2.05, 4.69) is 15.4 Å². The fourth-order valence-corrected chi connectivity index (χ4v) is 1.76. The molecule has 2 N–H and O–H groups in total. The number of methoxy groups -OCH3 is 1. The minimum atomic E-state index is -0.874. The number of rotatable bonds is 6. The van der Waals surface area contributed by atoms with Gasteiger partial charge in [-0.3, -0.25) is 9.59 Å². The Balaban J connectivity index is 2.49. The second-order valence-electron chi connectivity index (χ2n) is 3.05. The van der Waals surface area contributed by atoms with Crippen LogP contribution >= 0.6 is 11.3 Å². The van der Waals surface area contributed by atoms with Gasteiger partial charge in [-0.25, -0.2) is 4.79 Å². The number of amides is 2. The Labute approximate surface area is 102 Å². The number of ether oxygens (including phenoxy) is 1. The standard InChI is InChI=1S/C10H12N2O4S/c1-16-10(15)7(12-6-13)5-11-9(14)8-3-2-4-17-8/h2-4,6-7H,5H2,1H3,(H,11,14)(H,12,13). The fraction of sp³-hybridized carbons (Fsp3) is 0.300. The van der Waals surface area contributed by atoms with E-state index in [1.807, 2.05) is 0 Å². The molecule has 1 rings (SSSR count). The van der Waals surface area contributed by atoms with Gasteiger partial charge >= 0.3 is 5.97 Å². The zero-order valence-electron chi connectivity index (χ0n) is 9.14. The third-order valence-corrected chi connectivity index (χ3v) is 2.84. The molecule has 0 spiro atoms. The van der Waals surface area contributed by atoms with Crippen molar-refractivity contribution in [1.29, 1.82) is 0 Å². The topological polar surface area (TPSA) is 84.5 Å². The van der Waals surface area contributed by atoms with Crippen LogP contribution in [0.15, 0.2) is 17.5 Å². The molecular weight excluding hydrogens is 244 g/mol. The molecule has 0 aromatic carbocycles. The summed E-state index contributed by atoms with van der Waals surface area (Å²) in [5.74, 6) is -0.898. The number of thiophene rings is 1. The smallest absolute Gasteiger partial charge is 0.330 e. The number of carbonyl (C=O) groups excluding carboxylic acids is 3. The van der Waals surface area contributed by atoms with E-state index >= 15 is 0 Å². The monoisotopic (exact) mass is 256 g/mol. The van der Waals surface area contributed by atoms with Gasteiger partial charge in [0.1, 0.15) is 6.04 Å². The van der Waals surface area contributed by atoms with Crippen molar-refractivity contribution in [3.05, 3.63) is 22.4 Å². The van der Waals surface area contributed by atoms with Gasteiger partial charge in [-0.2, -0.15) is 0 Å². The lowest BCUT2D eigenvalue weighted by Crippen LogP contribution is -2.46. The Hall–Kier alpha value is -1.89. The van der Waals surface area contributed by atoms with Gasteiger partial charge in [-0.1, -0.05) is 6.07 Å². The summed E-state index contributed by atoms with van der Waals surface area (Å²) in [6, 6.07) is 2.54. The molecule has 1 unspecified atom stereocenters. The molecule has 92 valence electrons. The first-order valence-corrected chi connectivity index (χ1v) is 5.66. The van der Waals surface area contributed by atoms with E-state index < -0.39 is 12.0 Å². The first-order chi connectivity index (χ1) is 8.19. The first-order valence-electron chi connectivity index (χ1n) is 4.78. The summed E-state index contributed by atoms with van der Waals surface area (Å²) >= 11 is 1.29. The lowest BCUT2D eigenvalue weighted by atomic mass is 10.3. The van der Waals surface area contributed by atoms with Crippen LogP contribution in [0.2, 0.25) is 0 Å². The minimum Gasteiger partial charge on any atom is -0.467 e. The number of hydrogen-bond acceptors (Lipinski definition) is 5. The van der Waals surface area contributed by atoms with Crippen molar-refractivity contribution >= 4 is 29.6 Å². The van der Waals surface area contributed by atoms with Crippen LogP contribution in [0.1, 0.15) is 9.67 Å². The Morgan fingerprint density at radius 3 is 2.88 bits per heavy atom. The second kappa shape index (κ2) is 6.64. The van der Waals surface area contributed by atoms with Gasteiger partial charge in [0.05, 0.1) is 12.0 Å². The van der Waals surface area contributed by atoms with Crippen molar-refractivity contribution in [3.8, 4) is 0 Å². The van der Waals surface area contributed by atoms with E-state index in [0.717, 1.165) is 0 Å². The molecule has 0 radical (unpaired) electrons. The normalized spacial score (nSPS) is 11.4. The summed E-state index contributed by atoms with van der Waals surface area (Å²) in [7, 11) is 1.21. The minimum absolute atomic E-state index is 0.0118. The summed E-state index contributed by atoms with van der Waals surface area (Å²) in [6.07, 6.45) is 0.388. The maximum absolute atomic E-state index is 11.6. The molecule has 0 saturated heterocycles. The third kappa shape index (κ3) is 3.87. The molecule has 1 heterocycles. The molecular formula is C10H12N2O4S. The highest BCUT2D eigenvalue weighted by atomic mass is 32.1. The number of carbonyl (C=O) groups is 3. The molecule has 0 saturated carbocycles. The molecule has 0 aliphatic heterocycles. The van der Waals surface area contributed by atoms with Crippen LogP contribution in [0.5, 0.6) is 0 Å². The predicted molar refractivity (Wildman–Crippen MR) is 61.7 cm³/mol. The van der Waals surface area contributed by atoms with Crippen LogP contribution in [0.25, 0.3) is 0 Å². The molecule has 0 fully saturated rings. The second-order valence-corrected chi connectivity index (χ2v) is 4.00. The van der Waals surface area contributed by atoms with Crippen LogP contribution in [-0.4, -0.2) is 38.0 Å². The molecule has 7 heteroatoms. The molecule has 1 aromatic heterocycles. The van der Waals surface area contributed by atoms with Gasteiger partial charge in [-0.15, -0.1) is 11.3 Å². The van der Waals surface area contributed by atoms with Crippen molar-refractivity contribution in [2.24, 2.45) is 0 Å². The van der Waals surface area contributed by atoms with E-state index in [4.69, 9.17) is 0 Å². The highest BCUT2D eigenvalue weighted by molar-refractivity contribution is 7.12. The lowest BCUT2D eigenvalue weighted by molar-refractivity contribution is -0.143. The fourth-order valence-electron chi connectivity index (χ4n) is 1.12. The van der Waals surface area contributed by atoms with Crippen LogP contribution in [0.3, 0.4) is 0 Å².